The summed E-state index contributed by atoms with van der Waals surface area (Å²) < 4.78 is 1.69. The maximum Gasteiger partial charge on any atom is 0.272 e. The molecule has 1 saturated heterocycles. The second kappa shape index (κ2) is 8.60. The zero-order chi connectivity index (χ0) is 20.2. The van der Waals surface area contributed by atoms with Crippen molar-refractivity contribution in [2.24, 2.45) is 5.92 Å². The first-order valence-electron chi connectivity index (χ1n) is 10.4. The van der Waals surface area contributed by atoms with Gasteiger partial charge in [-0.2, -0.15) is 0 Å². The second-order valence-corrected chi connectivity index (χ2v) is 7.91. The van der Waals surface area contributed by atoms with Crippen molar-refractivity contribution >= 4 is 16.9 Å². The predicted molar refractivity (Wildman–Crippen MR) is 115 cm³/mol. The number of fused-ring (bicyclic) bond motifs is 1. The molecule has 3 aromatic rings. The van der Waals surface area contributed by atoms with Gasteiger partial charge in [-0.05, 0) is 49.8 Å². The van der Waals surface area contributed by atoms with Crippen LogP contribution in [0.5, 0.6) is 0 Å². The third-order valence-corrected chi connectivity index (χ3v) is 5.90. The van der Waals surface area contributed by atoms with E-state index in [9.17, 15) is 9.59 Å². The average molecular weight is 389 g/mol. The predicted octanol–water partition coefficient (Wildman–Crippen LogP) is 3.58. The summed E-state index contributed by atoms with van der Waals surface area (Å²) in [4.78, 5) is 31.7. The van der Waals surface area contributed by atoms with E-state index in [4.69, 9.17) is 0 Å². The van der Waals surface area contributed by atoms with E-state index in [-0.39, 0.29) is 11.5 Å². The Morgan fingerprint density at radius 3 is 2.48 bits per heavy atom. The van der Waals surface area contributed by atoms with Crippen LogP contribution in [0.25, 0.3) is 11.0 Å². The van der Waals surface area contributed by atoms with Gasteiger partial charge in [-0.1, -0.05) is 42.5 Å². The van der Waals surface area contributed by atoms with Crippen LogP contribution >= 0.6 is 0 Å². The van der Waals surface area contributed by atoms with Crippen LogP contribution in [-0.4, -0.2) is 33.4 Å². The van der Waals surface area contributed by atoms with Gasteiger partial charge in [-0.25, -0.2) is 4.98 Å². The third-order valence-electron chi connectivity index (χ3n) is 5.90. The Balaban J connectivity index is 1.36. The second-order valence-electron chi connectivity index (χ2n) is 7.91. The molecular weight excluding hydrogens is 362 g/mol. The summed E-state index contributed by atoms with van der Waals surface area (Å²) in [6.07, 6.45) is 3.51. The van der Waals surface area contributed by atoms with Gasteiger partial charge in [-0.3, -0.25) is 9.59 Å². The third kappa shape index (κ3) is 4.39. The molecule has 1 aliphatic rings. The molecule has 1 aliphatic heterocycles. The highest BCUT2D eigenvalue weighted by Crippen LogP contribution is 2.22. The fourth-order valence-electron chi connectivity index (χ4n) is 4.24. The normalized spacial score (nSPS) is 15.0. The van der Waals surface area contributed by atoms with Gasteiger partial charge in [0.2, 0.25) is 5.91 Å². The minimum Gasteiger partial charge on any atom is -0.343 e. The van der Waals surface area contributed by atoms with E-state index in [1.807, 2.05) is 35.2 Å². The molecule has 1 aromatic heterocycles. The van der Waals surface area contributed by atoms with Crippen LogP contribution in [-0.2, 0) is 17.8 Å². The molecule has 5 heteroatoms. The van der Waals surface area contributed by atoms with Gasteiger partial charge in [0, 0.05) is 26.1 Å². The van der Waals surface area contributed by atoms with Crippen LogP contribution in [0.2, 0.25) is 0 Å². The van der Waals surface area contributed by atoms with Crippen molar-refractivity contribution in [3.8, 4) is 0 Å². The molecule has 29 heavy (non-hydrogen) atoms. The first kappa shape index (κ1) is 19.4. The van der Waals surface area contributed by atoms with Gasteiger partial charge in [0.25, 0.3) is 5.56 Å². The summed E-state index contributed by atoms with van der Waals surface area (Å²) in [6, 6.07) is 18.2. The van der Waals surface area contributed by atoms with Crippen molar-refractivity contribution in [3.05, 3.63) is 76.2 Å². The molecule has 2 aromatic carbocycles. The molecule has 0 spiro atoms. The summed E-state index contributed by atoms with van der Waals surface area (Å²) in [7, 11) is 0. The van der Waals surface area contributed by atoms with Gasteiger partial charge < -0.3 is 9.47 Å². The molecular formula is C24H27N3O2. The van der Waals surface area contributed by atoms with E-state index < -0.39 is 0 Å². The number of carbonyl (C=O) groups excluding carboxylic acids is 1. The summed E-state index contributed by atoms with van der Waals surface area (Å²) in [5.41, 5.74) is 3.31. The zero-order valence-electron chi connectivity index (χ0n) is 16.9. The lowest BCUT2D eigenvalue weighted by molar-refractivity contribution is -0.132. The van der Waals surface area contributed by atoms with Gasteiger partial charge in [0.05, 0.1) is 11.0 Å². The number of carbonyl (C=O) groups is 1. The van der Waals surface area contributed by atoms with E-state index in [0.29, 0.717) is 24.6 Å². The van der Waals surface area contributed by atoms with Gasteiger partial charge >= 0.3 is 0 Å². The number of para-hydroxylation sites is 2. The Hall–Kier alpha value is -2.95. The Morgan fingerprint density at radius 1 is 1.03 bits per heavy atom. The molecule has 2 heterocycles. The minimum absolute atomic E-state index is 0.113. The summed E-state index contributed by atoms with van der Waals surface area (Å²) in [6.45, 7) is 3.73. The van der Waals surface area contributed by atoms with Crippen molar-refractivity contribution in [2.45, 2.75) is 39.2 Å². The monoisotopic (exact) mass is 389 g/mol. The molecule has 0 radical (unpaired) electrons. The average Bonchev–Trinajstić information content (AvgIpc) is 2.75. The maximum absolute atomic E-state index is 12.8. The molecule has 1 fully saturated rings. The largest absolute Gasteiger partial charge is 0.343 e. The number of nitrogens with zero attached hydrogens (tertiary/aromatic N) is 3. The number of piperidine rings is 1. The minimum atomic E-state index is -0.113. The summed E-state index contributed by atoms with van der Waals surface area (Å²) in [5, 5.41) is 0. The number of aryl methyl sites for hydroxylation is 2. The molecule has 0 unspecified atom stereocenters. The Labute approximate surface area is 171 Å². The number of hydrogen-bond acceptors (Lipinski definition) is 3. The molecule has 4 rings (SSSR count). The van der Waals surface area contributed by atoms with Crippen molar-refractivity contribution < 1.29 is 4.79 Å². The first-order valence-corrected chi connectivity index (χ1v) is 10.4. The Morgan fingerprint density at radius 2 is 1.72 bits per heavy atom. The Kier molecular flexibility index (Phi) is 5.74. The van der Waals surface area contributed by atoms with Gasteiger partial charge in [-0.15, -0.1) is 0 Å². The highest BCUT2D eigenvalue weighted by molar-refractivity contribution is 5.77. The van der Waals surface area contributed by atoms with Gasteiger partial charge in [0.15, 0.2) is 0 Å². The number of hydrogen-bond donors (Lipinski definition) is 0. The standard InChI is InChI=1S/C24H27N3O2/c1-18-24(29)27(22-10-6-5-9-21(22)25-18)16-13-23(28)26-14-11-20(12-15-26)17-19-7-3-2-4-8-19/h2-10,20H,11-17H2,1H3. The van der Waals surface area contributed by atoms with Crippen LogP contribution in [0, 0.1) is 12.8 Å². The number of likely N-dealkylation sites (tertiary alicyclic amines) is 1. The molecule has 0 bridgehead atoms. The molecule has 0 aliphatic carbocycles. The SMILES string of the molecule is Cc1nc2ccccc2n(CCC(=O)N2CCC(Cc3ccccc3)CC2)c1=O. The van der Waals surface area contributed by atoms with Crippen LogP contribution in [0.3, 0.4) is 0 Å². The van der Waals surface area contributed by atoms with Crippen LogP contribution in [0.1, 0.15) is 30.5 Å². The lowest BCUT2D eigenvalue weighted by Crippen LogP contribution is -2.39. The molecule has 0 N–H and O–H groups in total. The maximum atomic E-state index is 12.8. The number of aromatic nitrogens is 2. The Bertz CT molecular complexity index is 1050. The van der Waals surface area contributed by atoms with Crippen molar-refractivity contribution in [3.63, 3.8) is 0 Å². The summed E-state index contributed by atoms with van der Waals surface area (Å²) in [5.74, 6) is 0.768. The molecule has 0 saturated carbocycles. The first-order chi connectivity index (χ1) is 14.1. The van der Waals surface area contributed by atoms with E-state index in [1.165, 1.54) is 5.56 Å². The van der Waals surface area contributed by atoms with Crippen molar-refractivity contribution in [1.82, 2.24) is 14.5 Å². The summed E-state index contributed by atoms with van der Waals surface area (Å²) >= 11 is 0. The number of rotatable bonds is 5. The fraction of sp³-hybridized carbons (Fsp3) is 0.375. The molecule has 150 valence electrons. The van der Waals surface area contributed by atoms with E-state index in [2.05, 4.69) is 29.2 Å². The van der Waals surface area contributed by atoms with Gasteiger partial charge in [0.1, 0.15) is 5.69 Å². The van der Waals surface area contributed by atoms with Crippen molar-refractivity contribution in [2.75, 3.05) is 13.1 Å². The number of amides is 1. The zero-order valence-corrected chi connectivity index (χ0v) is 16.9. The topological polar surface area (TPSA) is 55.2 Å². The lowest BCUT2D eigenvalue weighted by Gasteiger charge is -2.32. The molecule has 5 nitrogen and oxygen atoms in total. The lowest BCUT2D eigenvalue weighted by atomic mass is 9.90. The molecule has 1 amide bonds. The fourth-order valence-corrected chi connectivity index (χ4v) is 4.24. The molecule has 0 atom stereocenters. The quantitative estimate of drug-likeness (QED) is 0.670. The highest BCUT2D eigenvalue weighted by atomic mass is 16.2. The van der Waals surface area contributed by atoms with Crippen LogP contribution in [0.4, 0.5) is 0 Å². The van der Waals surface area contributed by atoms with E-state index in [1.54, 1.807) is 11.5 Å². The smallest absolute Gasteiger partial charge is 0.272 e. The van der Waals surface area contributed by atoms with Crippen molar-refractivity contribution in [1.29, 1.82) is 0 Å². The number of benzene rings is 2. The van der Waals surface area contributed by atoms with Crippen LogP contribution in [0.15, 0.2) is 59.4 Å². The van der Waals surface area contributed by atoms with E-state index >= 15 is 0 Å². The van der Waals surface area contributed by atoms with Crippen LogP contribution < -0.4 is 5.56 Å². The highest BCUT2D eigenvalue weighted by Gasteiger charge is 2.23. The van der Waals surface area contributed by atoms with E-state index in [0.717, 1.165) is 43.4 Å².